The second kappa shape index (κ2) is 11.8. The molecule has 0 unspecified atom stereocenters. The Balaban J connectivity index is 1.13. The number of halogens is 4. The van der Waals surface area contributed by atoms with Crippen LogP contribution < -0.4 is 10.2 Å². The highest BCUT2D eigenvalue weighted by Crippen LogP contribution is 2.37. The molecule has 10 heteroatoms. The molecule has 190 valence electrons. The number of ether oxygens (including phenoxy) is 1. The van der Waals surface area contributed by atoms with E-state index in [1.807, 2.05) is 29.2 Å². The summed E-state index contributed by atoms with van der Waals surface area (Å²) >= 11 is 5.85. The van der Waals surface area contributed by atoms with Crippen LogP contribution in [0.3, 0.4) is 0 Å². The Kier molecular flexibility index (Phi) is 8.73. The van der Waals surface area contributed by atoms with Gasteiger partial charge in [0, 0.05) is 53.5 Å². The van der Waals surface area contributed by atoms with Gasteiger partial charge in [-0.25, -0.2) is 0 Å². The molecule has 2 aromatic carbocycles. The number of thioether (sulfide) groups is 1. The molecule has 2 fully saturated rings. The molecule has 1 N–H and O–H groups in total. The van der Waals surface area contributed by atoms with Crippen molar-refractivity contribution in [2.24, 2.45) is 0 Å². The molecule has 0 bridgehead atoms. The normalized spacial score (nSPS) is 21.1. The van der Waals surface area contributed by atoms with Crippen LogP contribution in [0.2, 0.25) is 5.02 Å². The van der Waals surface area contributed by atoms with E-state index in [2.05, 4.69) is 10.2 Å². The minimum atomic E-state index is -4.28. The molecule has 1 amide bonds. The first-order valence-corrected chi connectivity index (χ1v) is 13.0. The van der Waals surface area contributed by atoms with Gasteiger partial charge < -0.3 is 19.9 Å². The van der Waals surface area contributed by atoms with Crippen molar-refractivity contribution in [3.05, 3.63) is 53.6 Å². The van der Waals surface area contributed by atoms with Gasteiger partial charge in [0.2, 0.25) is 5.91 Å². The van der Waals surface area contributed by atoms with Crippen molar-refractivity contribution in [3.8, 4) is 0 Å². The molecule has 1 aliphatic heterocycles. The van der Waals surface area contributed by atoms with Crippen LogP contribution in [0.4, 0.5) is 24.5 Å². The zero-order valence-corrected chi connectivity index (χ0v) is 20.8. The molecule has 1 saturated carbocycles. The summed E-state index contributed by atoms with van der Waals surface area (Å²) in [5.74, 6) is 0.0258. The van der Waals surface area contributed by atoms with Crippen LogP contribution >= 0.6 is 23.4 Å². The van der Waals surface area contributed by atoms with Crippen molar-refractivity contribution >= 4 is 40.6 Å². The van der Waals surface area contributed by atoms with Crippen molar-refractivity contribution in [1.29, 1.82) is 0 Å². The minimum Gasteiger partial charge on any atom is -0.382 e. The third-order valence-electron chi connectivity index (χ3n) is 6.40. The predicted molar refractivity (Wildman–Crippen MR) is 134 cm³/mol. The van der Waals surface area contributed by atoms with E-state index in [-0.39, 0.29) is 41.3 Å². The van der Waals surface area contributed by atoms with Gasteiger partial charge in [0.05, 0.1) is 6.10 Å². The second-order valence-corrected chi connectivity index (χ2v) is 10.4. The van der Waals surface area contributed by atoms with E-state index in [9.17, 15) is 18.0 Å². The Labute approximate surface area is 212 Å². The molecule has 1 heterocycles. The second-order valence-electron chi connectivity index (χ2n) is 8.85. The first kappa shape index (κ1) is 26.0. The van der Waals surface area contributed by atoms with Crippen LogP contribution in [-0.2, 0) is 9.53 Å². The van der Waals surface area contributed by atoms with Crippen molar-refractivity contribution in [1.82, 2.24) is 4.90 Å². The van der Waals surface area contributed by atoms with E-state index < -0.39 is 5.51 Å². The average Bonchev–Trinajstić information content (AvgIpc) is 2.84. The number of alkyl halides is 3. The van der Waals surface area contributed by atoms with Gasteiger partial charge in [-0.3, -0.25) is 4.79 Å². The average molecular weight is 528 g/mol. The molecule has 0 spiro atoms. The van der Waals surface area contributed by atoms with E-state index in [0.29, 0.717) is 18.1 Å². The molecule has 1 aliphatic carbocycles. The number of nitrogens with zero attached hydrogens (tertiary/aromatic N) is 2. The number of rotatable bonds is 7. The monoisotopic (exact) mass is 527 g/mol. The molecule has 0 radical (unpaired) electrons. The topological polar surface area (TPSA) is 44.8 Å². The highest BCUT2D eigenvalue weighted by atomic mass is 35.5. The maximum Gasteiger partial charge on any atom is 0.446 e. The third-order valence-corrected chi connectivity index (χ3v) is 7.39. The van der Waals surface area contributed by atoms with E-state index >= 15 is 0 Å². The van der Waals surface area contributed by atoms with Gasteiger partial charge in [-0.05, 0) is 86.0 Å². The van der Waals surface area contributed by atoms with Crippen LogP contribution in [0.25, 0.3) is 0 Å². The summed E-state index contributed by atoms with van der Waals surface area (Å²) in [5.41, 5.74) is -2.35. The molecular formula is C25H29ClF3N3O2S. The van der Waals surface area contributed by atoms with Crippen molar-refractivity contribution < 1.29 is 22.7 Å². The summed E-state index contributed by atoms with van der Waals surface area (Å²) in [4.78, 5) is 16.9. The first-order valence-electron chi connectivity index (χ1n) is 11.8. The number of hydrogen-bond donors (Lipinski definition) is 1. The number of amides is 1. The molecule has 0 atom stereocenters. The molecule has 4 rings (SSSR count). The molecule has 2 aromatic rings. The van der Waals surface area contributed by atoms with Crippen LogP contribution in [0.5, 0.6) is 0 Å². The summed E-state index contributed by atoms with van der Waals surface area (Å²) in [6.45, 7) is 2.99. The highest BCUT2D eigenvalue weighted by molar-refractivity contribution is 8.00. The quantitative estimate of drug-likeness (QED) is 0.445. The Bertz CT molecular complexity index is 959. The number of hydrogen-bond acceptors (Lipinski definition) is 5. The van der Waals surface area contributed by atoms with Crippen LogP contribution in [-0.4, -0.2) is 61.2 Å². The lowest BCUT2D eigenvalue weighted by Gasteiger charge is -2.36. The van der Waals surface area contributed by atoms with Gasteiger partial charge in [-0.15, -0.1) is 0 Å². The highest BCUT2D eigenvalue weighted by Gasteiger charge is 2.29. The molecule has 1 saturated heterocycles. The number of anilines is 2. The fraction of sp³-hybridized carbons (Fsp3) is 0.480. The lowest BCUT2D eigenvalue weighted by Crippen LogP contribution is -2.50. The van der Waals surface area contributed by atoms with E-state index in [0.717, 1.165) is 50.1 Å². The van der Waals surface area contributed by atoms with Gasteiger partial charge in [-0.2, -0.15) is 13.2 Å². The number of carbonyl (C=O) groups is 1. The molecule has 35 heavy (non-hydrogen) atoms. The molecular weight excluding hydrogens is 499 g/mol. The van der Waals surface area contributed by atoms with Gasteiger partial charge in [0.25, 0.3) is 0 Å². The number of piperazine rings is 1. The van der Waals surface area contributed by atoms with Crippen molar-refractivity contribution in [2.75, 3.05) is 43.0 Å². The van der Waals surface area contributed by atoms with E-state index in [1.165, 1.54) is 12.1 Å². The summed E-state index contributed by atoms with van der Waals surface area (Å²) < 4.78 is 43.3. The van der Waals surface area contributed by atoms with Crippen LogP contribution in [0.1, 0.15) is 25.7 Å². The van der Waals surface area contributed by atoms with Crippen LogP contribution in [0, 0.1) is 0 Å². The third kappa shape index (κ3) is 7.95. The van der Waals surface area contributed by atoms with Gasteiger partial charge in [0.1, 0.15) is 6.61 Å². The summed E-state index contributed by atoms with van der Waals surface area (Å²) in [5, 5.41) is 4.11. The maximum atomic E-state index is 12.6. The summed E-state index contributed by atoms with van der Waals surface area (Å²) in [6.07, 6.45) is 3.52. The maximum absolute atomic E-state index is 12.6. The van der Waals surface area contributed by atoms with Crippen molar-refractivity contribution in [2.45, 2.75) is 48.2 Å². The Morgan fingerprint density at radius 2 is 1.60 bits per heavy atom. The zero-order valence-electron chi connectivity index (χ0n) is 19.3. The molecule has 2 aliphatic rings. The molecule has 5 nitrogen and oxygen atoms in total. The van der Waals surface area contributed by atoms with Crippen molar-refractivity contribution in [3.63, 3.8) is 0 Å². The fourth-order valence-corrected chi connectivity index (χ4v) is 5.17. The standard InChI is InChI=1S/C25H29ClF3N3O2S/c26-18-1-7-21(8-2-18)31-13-15-32(16-14-31)24(33)17-34-22-9-3-19(4-10-22)30-20-5-11-23(12-6-20)35-25(27,28)29/h1-2,5-8,11-12,19,22,30H,3-4,9-10,13-17H2/t19-,22-. The lowest BCUT2D eigenvalue weighted by molar-refractivity contribution is -0.139. The van der Waals surface area contributed by atoms with Crippen LogP contribution in [0.15, 0.2) is 53.4 Å². The van der Waals surface area contributed by atoms with Gasteiger partial charge >= 0.3 is 5.51 Å². The number of nitrogens with one attached hydrogen (secondary N) is 1. The van der Waals surface area contributed by atoms with E-state index in [4.69, 9.17) is 16.3 Å². The summed E-state index contributed by atoms with van der Waals surface area (Å²) in [7, 11) is 0. The number of carbonyl (C=O) groups excluding carboxylic acids is 1. The Morgan fingerprint density at radius 1 is 0.971 bits per heavy atom. The lowest BCUT2D eigenvalue weighted by atomic mass is 9.93. The summed E-state index contributed by atoms with van der Waals surface area (Å²) in [6, 6.07) is 14.3. The Morgan fingerprint density at radius 3 is 2.20 bits per heavy atom. The largest absolute Gasteiger partial charge is 0.446 e. The zero-order chi connectivity index (χ0) is 24.8. The smallest absolute Gasteiger partial charge is 0.382 e. The Hall–Kier alpha value is -2.10. The molecule has 0 aromatic heterocycles. The first-order chi connectivity index (χ1) is 16.7. The number of benzene rings is 2. The van der Waals surface area contributed by atoms with E-state index in [1.54, 1.807) is 12.1 Å². The predicted octanol–water partition coefficient (Wildman–Crippen LogP) is 6.04. The minimum absolute atomic E-state index is 0.0258. The van der Waals surface area contributed by atoms with Gasteiger partial charge in [-0.1, -0.05) is 11.6 Å². The van der Waals surface area contributed by atoms with Gasteiger partial charge in [0.15, 0.2) is 0 Å². The fourth-order valence-electron chi connectivity index (χ4n) is 4.51. The SMILES string of the molecule is O=C(CO[C@H]1CC[C@H](Nc2ccc(SC(F)(F)F)cc2)CC1)N1CCN(c2ccc(Cl)cc2)CC1.